The summed E-state index contributed by atoms with van der Waals surface area (Å²) in [4.78, 5) is 28.9. The molecule has 134 valence electrons. The number of Topliss-reactive ketones (excluding diaryl/α,β-unsaturated/α-hetero) is 1. The molecule has 5 nitrogen and oxygen atoms in total. The lowest BCUT2D eigenvalue weighted by Gasteiger charge is -2.13. The van der Waals surface area contributed by atoms with E-state index in [4.69, 9.17) is 0 Å². The predicted octanol–water partition coefficient (Wildman–Crippen LogP) is 3.90. The van der Waals surface area contributed by atoms with Gasteiger partial charge in [0.1, 0.15) is 5.82 Å². The van der Waals surface area contributed by atoms with Gasteiger partial charge in [0.05, 0.1) is 17.6 Å². The van der Waals surface area contributed by atoms with Gasteiger partial charge in [0, 0.05) is 24.4 Å². The van der Waals surface area contributed by atoms with Gasteiger partial charge in [-0.05, 0) is 26.0 Å². The zero-order valence-electron chi connectivity index (χ0n) is 15.1. The highest BCUT2D eigenvalue weighted by atomic mass is 16.2. The van der Waals surface area contributed by atoms with Crippen molar-refractivity contribution in [2.75, 3.05) is 0 Å². The summed E-state index contributed by atoms with van der Waals surface area (Å²) in [5, 5.41) is 2.89. The lowest BCUT2D eigenvalue weighted by atomic mass is 10.1. The average molecular weight is 349 g/mol. The van der Waals surface area contributed by atoms with Gasteiger partial charge in [0.15, 0.2) is 5.78 Å². The van der Waals surface area contributed by atoms with E-state index >= 15 is 0 Å². The lowest BCUT2D eigenvalue weighted by Crippen LogP contribution is -2.25. The summed E-state index contributed by atoms with van der Waals surface area (Å²) in [6.45, 7) is 4.54. The fourth-order valence-corrected chi connectivity index (χ4v) is 3.06. The molecular weight excluding hydrogens is 326 g/mol. The van der Waals surface area contributed by atoms with E-state index < -0.39 is 0 Å². The van der Waals surface area contributed by atoms with E-state index in [0.717, 1.165) is 16.9 Å². The first-order valence-corrected chi connectivity index (χ1v) is 8.87. The van der Waals surface area contributed by atoms with Crippen LogP contribution in [0.1, 0.15) is 48.9 Å². The Kier molecular flexibility index (Phi) is 5.46. The molecule has 0 spiro atoms. The van der Waals surface area contributed by atoms with Gasteiger partial charge in [0.2, 0.25) is 5.91 Å². The molecule has 1 amide bonds. The molecule has 0 aliphatic rings. The smallest absolute Gasteiger partial charge is 0.220 e. The summed E-state index contributed by atoms with van der Waals surface area (Å²) in [6.07, 6.45) is 0.381. The zero-order valence-corrected chi connectivity index (χ0v) is 15.1. The van der Waals surface area contributed by atoms with Crippen LogP contribution in [0.3, 0.4) is 0 Å². The highest BCUT2D eigenvalue weighted by molar-refractivity contribution is 5.97. The van der Waals surface area contributed by atoms with Crippen molar-refractivity contribution in [3.05, 3.63) is 66.0 Å². The molecule has 5 heteroatoms. The highest BCUT2D eigenvalue weighted by Crippen LogP contribution is 2.20. The SMILES string of the molecule is CC(C)n1c(CNC(=O)CCC(=O)c2ccccc2)nc2ccccc21. The van der Waals surface area contributed by atoms with Crippen LogP contribution in [-0.2, 0) is 11.3 Å². The number of carbonyl (C=O) groups is 2. The molecule has 0 aliphatic heterocycles. The first-order valence-electron chi connectivity index (χ1n) is 8.87. The van der Waals surface area contributed by atoms with E-state index in [1.807, 2.05) is 42.5 Å². The van der Waals surface area contributed by atoms with Crippen LogP contribution in [0, 0.1) is 0 Å². The molecule has 0 radical (unpaired) electrons. The number of hydrogen-bond donors (Lipinski definition) is 1. The third kappa shape index (κ3) is 3.99. The van der Waals surface area contributed by atoms with Gasteiger partial charge < -0.3 is 9.88 Å². The first-order chi connectivity index (χ1) is 12.6. The predicted molar refractivity (Wildman–Crippen MR) is 102 cm³/mol. The second kappa shape index (κ2) is 7.95. The number of nitrogens with one attached hydrogen (secondary N) is 1. The van der Waals surface area contributed by atoms with Crippen molar-refractivity contribution in [3.8, 4) is 0 Å². The maximum Gasteiger partial charge on any atom is 0.220 e. The number of para-hydroxylation sites is 2. The molecule has 1 heterocycles. The van der Waals surface area contributed by atoms with Gasteiger partial charge in [-0.25, -0.2) is 4.98 Å². The summed E-state index contributed by atoms with van der Waals surface area (Å²) >= 11 is 0. The largest absolute Gasteiger partial charge is 0.349 e. The number of ketones is 1. The molecule has 1 aromatic heterocycles. The Bertz CT molecular complexity index is 913. The number of imidazole rings is 1. The Labute approximate surface area is 153 Å². The van der Waals surface area contributed by atoms with Gasteiger partial charge in [-0.15, -0.1) is 0 Å². The highest BCUT2D eigenvalue weighted by Gasteiger charge is 2.14. The molecule has 0 saturated carbocycles. The van der Waals surface area contributed by atoms with Crippen molar-refractivity contribution < 1.29 is 9.59 Å². The number of fused-ring (bicyclic) bond motifs is 1. The number of carbonyl (C=O) groups excluding carboxylic acids is 2. The van der Waals surface area contributed by atoms with Crippen LogP contribution in [0.5, 0.6) is 0 Å². The maximum atomic E-state index is 12.1. The molecule has 3 rings (SSSR count). The Hall–Kier alpha value is -2.95. The van der Waals surface area contributed by atoms with Crippen LogP contribution in [0.15, 0.2) is 54.6 Å². The molecule has 0 atom stereocenters. The first kappa shape index (κ1) is 17.9. The second-order valence-electron chi connectivity index (χ2n) is 6.55. The molecule has 0 bridgehead atoms. The third-order valence-corrected chi connectivity index (χ3v) is 4.30. The average Bonchev–Trinajstić information content (AvgIpc) is 3.03. The minimum absolute atomic E-state index is 0.0184. The van der Waals surface area contributed by atoms with E-state index in [9.17, 15) is 9.59 Å². The van der Waals surface area contributed by atoms with Crippen molar-refractivity contribution in [3.63, 3.8) is 0 Å². The molecule has 0 aliphatic carbocycles. The molecule has 26 heavy (non-hydrogen) atoms. The van der Waals surface area contributed by atoms with Gasteiger partial charge in [-0.2, -0.15) is 0 Å². The monoisotopic (exact) mass is 349 g/mol. The topological polar surface area (TPSA) is 64.0 Å². The van der Waals surface area contributed by atoms with E-state index in [1.54, 1.807) is 12.1 Å². The molecule has 0 unspecified atom stereocenters. The van der Waals surface area contributed by atoms with Gasteiger partial charge >= 0.3 is 0 Å². The van der Waals surface area contributed by atoms with Crippen LogP contribution in [0.2, 0.25) is 0 Å². The fourth-order valence-electron chi connectivity index (χ4n) is 3.06. The molecular formula is C21H23N3O2. The minimum atomic E-state index is -0.142. The van der Waals surface area contributed by atoms with Crippen molar-refractivity contribution in [2.24, 2.45) is 0 Å². The Balaban J connectivity index is 1.60. The van der Waals surface area contributed by atoms with Gasteiger partial charge in [-0.3, -0.25) is 9.59 Å². The van der Waals surface area contributed by atoms with Gasteiger partial charge in [-0.1, -0.05) is 42.5 Å². The zero-order chi connectivity index (χ0) is 18.5. The third-order valence-electron chi connectivity index (χ3n) is 4.30. The number of benzene rings is 2. The summed E-state index contributed by atoms with van der Waals surface area (Å²) in [5.74, 6) is 0.663. The van der Waals surface area contributed by atoms with Crippen molar-refractivity contribution in [2.45, 2.75) is 39.3 Å². The van der Waals surface area contributed by atoms with Crippen molar-refractivity contribution in [1.82, 2.24) is 14.9 Å². The van der Waals surface area contributed by atoms with Crippen LogP contribution in [0.4, 0.5) is 0 Å². The number of rotatable bonds is 7. The van der Waals surface area contributed by atoms with E-state index in [1.165, 1.54) is 0 Å². The summed E-state index contributed by atoms with van der Waals surface area (Å²) < 4.78 is 2.13. The standard InChI is InChI=1S/C21H23N3O2/c1-15(2)24-18-11-7-6-10-17(18)23-20(24)14-22-21(26)13-12-19(25)16-8-4-3-5-9-16/h3-11,15H,12-14H2,1-2H3,(H,22,26). The molecule has 3 aromatic rings. The van der Waals surface area contributed by atoms with E-state index in [0.29, 0.717) is 12.1 Å². The van der Waals surface area contributed by atoms with Crippen molar-refractivity contribution >= 4 is 22.7 Å². The normalized spacial score (nSPS) is 11.0. The number of nitrogens with zero attached hydrogens (tertiary/aromatic N) is 2. The van der Waals surface area contributed by atoms with Crippen LogP contribution in [0.25, 0.3) is 11.0 Å². The molecule has 0 fully saturated rings. The van der Waals surface area contributed by atoms with E-state index in [2.05, 4.69) is 28.7 Å². The Morgan fingerprint density at radius 3 is 2.42 bits per heavy atom. The summed E-state index contributed by atoms with van der Waals surface area (Å²) in [6, 6.07) is 17.2. The molecule has 1 N–H and O–H groups in total. The summed E-state index contributed by atoms with van der Waals surface area (Å²) in [5.41, 5.74) is 2.62. The molecule has 2 aromatic carbocycles. The van der Waals surface area contributed by atoms with Crippen molar-refractivity contribution in [1.29, 1.82) is 0 Å². The number of amides is 1. The molecule has 0 saturated heterocycles. The quantitative estimate of drug-likeness (QED) is 0.658. The summed E-state index contributed by atoms with van der Waals surface area (Å²) in [7, 11) is 0. The lowest BCUT2D eigenvalue weighted by molar-refractivity contribution is -0.121. The number of aromatic nitrogens is 2. The minimum Gasteiger partial charge on any atom is -0.349 e. The second-order valence-corrected chi connectivity index (χ2v) is 6.55. The van der Waals surface area contributed by atoms with Crippen LogP contribution < -0.4 is 5.32 Å². The van der Waals surface area contributed by atoms with E-state index in [-0.39, 0.29) is 30.6 Å². The fraction of sp³-hybridized carbons (Fsp3) is 0.286. The van der Waals surface area contributed by atoms with Gasteiger partial charge in [0.25, 0.3) is 0 Å². The number of hydrogen-bond acceptors (Lipinski definition) is 3. The Morgan fingerprint density at radius 2 is 1.69 bits per heavy atom. The Morgan fingerprint density at radius 1 is 1.00 bits per heavy atom. The van der Waals surface area contributed by atoms with Crippen LogP contribution in [-0.4, -0.2) is 21.2 Å². The maximum absolute atomic E-state index is 12.1. The van der Waals surface area contributed by atoms with Crippen LogP contribution >= 0.6 is 0 Å².